The highest BCUT2D eigenvalue weighted by Gasteiger charge is 2.07. The van der Waals surface area contributed by atoms with Crippen LogP contribution in [0.3, 0.4) is 0 Å². The van der Waals surface area contributed by atoms with Crippen molar-refractivity contribution < 1.29 is 36.2 Å². The highest BCUT2D eigenvalue weighted by molar-refractivity contribution is 7.86. The number of aryl methyl sites for hydroxylation is 2. The minimum absolute atomic E-state index is 0.0666. The van der Waals surface area contributed by atoms with Gasteiger partial charge in [-0.1, -0.05) is 47.2 Å². The lowest BCUT2D eigenvalue weighted by Crippen LogP contribution is -1.96. The molecule has 8 nitrogen and oxygen atoms in total. The van der Waals surface area contributed by atoms with Gasteiger partial charge in [0.15, 0.2) is 0 Å². The van der Waals surface area contributed by atoms with Crippen LogP contribution in [0.15, 0.2) is 58.3 Å². The molecule has 0 aliphatic heterocycles. The van der Waals surface area contributed by atoms with Gasteiger partial charge in [-0.05, 0) is 62.8 Å². The number of hydrogen-bond acceptors (Lipinski definition) is 6. The van der Waals surface area contributed by atoms with Gasteiger partial charge in [-0.2, -0.15) is 16.8 Å². The molecule has 10 heteroatoms. The highest BCUT2D eigenvalue weighted by atomic mass is 32.2. The maximum Gasteiger partial charge on any atom is 0.294 e. The molecule has 0 atom stereocenters. The molecule has 0 unspecified atom stereocenters. The Morgan fingerprint density at radius 2 is 0.912 bits per heavy atom. The van der Waals surface area contributed by atoms with E-state index in [1.807, 2.05) is 13.8 Å². The Hall–Kier alpha value is -2.70. The van der Waals surface area contributed by atoms with Gasteiger partial charge in [0, 0.05) is 26.1 Å². The predicted molar refractivity (Wildman–Crippen MR) is 130 cm³/mol. The standard InChI is InChI=1S/C10H14O2.2C7H8O3S/c11-9-7-5-3-1-2-4-6-8-10-12;2*1-6-2-4-7(5-3-6)11(8,9)10/h11-12H,5-10H2;2*2-5H,1H3,(H,8,9,10). The van der Waals surface area contributed by atoms with Crippen molar-refractivity contribution in [1.82, 2.24) is 0 Å². The van der Waals surface area contributed by atoms with Crippen molar-refractivity contribution in [3.05, 3.63) is 59.7 Å². The predicted octanol–water partition coefficient (Wildman–Crippen LogP) is 3.02. The molecule has 0 heterocycles. The van der Waals surface area contributed by atoms with Gasteiger partial charge < -0.3 is 10.2 Å². The average Bonchev–Trinajstić information content (AvgIpc) is 2.76. The molecule has 34 heavy (non-hydrogen) atoms. The fraction of sp³-hybridized carbons (Fsp3) is 0.333. The van der Waals surface area contributed by atoms with E-state index >= 15 is 0 Å². The summed E-state index contributed by atoms with van der Waals surface area (Å²) >= 11 is 0. The van der Waals surface area contributed by atoms with Crippen molar-refractivity contribution >= 4 is 20.2 Å². The molecule has 0 aromatic heterocycles. The monoisotopic (exact) mass is 510 g/mol. The molecule has 0 aliphatic carbocycles. The van der Waals surface area contributed by atoms with Crippen LogP contribution in [0, 0.1) is 37.5 Å². The fourth-order valence-electron chi connectivity index (χ4n) is 1.97. The van der Waals surface area contributed by atoms with Crippen LogP contribution in [0.25, 0.3) is 0 Å². The van der Waals surface area contributed by atoms with Crippen molar-refractivity contribution in [3.8, 4) is 23.7 Å². The van der Waals surface area contributed by atoms with Gasteiger partial charge in [-0.3, -0.25) is 9.11 Å². The summed E-state index contributed by atoms with van der Waals surface area (Å²) in [6.45, 7) is 4.06. The van der Waals surface area contributed by atoms with Gasteiger partial charge in [-0.25, -0.2) is 0 Å². The Bertz CT molecular complexity index is 1080. The second-order valence-electron chi connectivity index (χ2n) is 6.83. The molecule has 0 spiro atoms. The van der Waals surface area contributed by atoms with Gasteiger partial charge in [0.05, 0.1) is 9.79 Å². The van der Waals surface area contributed by atoms with E-state index < -0.39 is 20.2 Å². The molecule has 0 aliphatic rings. The zero-order valence-corrected chi connectivity index (χ0v) is 20.7. The van der Waals surface area contributed by atoms with Gasteiger partial charge in [0.2, 0.25) is 0 Å². The number of unbranched alkanes of at least 4 members (excludes halogenated alkanes) is 2. The maximum atomic E-state index is 10.5. The first-order chi connectivity index (χ1) is 15.9. The van der Waals surface area contributed by atoms with Gasteiger partial charge >= 0.3 is 0 Å². The molecule has 2 aromatic carbocycles. The highest BCUT2D eigenvalue weighted by Crippen LogP contribution is 2.09. The second-order valence-corrected chi connectivity index (χ2v) is 9.68. The lowest BCUT2D eigenvalue weighted by atomic mass is 10.2. The topological polar surface area (TPSA) is 149 Å². The summed E-state index contributed by atoms with van der Waals surface area (Å²) < 4.78 is 59.1. The summed E-state index contributed by atoms with van der Waals surface area (Å²) in [5, 5.41) is 16.8. The van der Waals surface area contributed by atoms with Crippen LogP contribution in [-0.4, -0.2) is 49.4 Å². The molecule has 0 amide bonds. The number of aliphatic hydroxyl groups is 2. The van der Waals surface area contributed by atoms with Crippen LogP contribution in [0.1, 0.15) is 36.8 Å². The number of hydrogen-bond donors (Lipinski definition) is 4. The molecule has 4 N–H and O–H groups in total. The summed E-state index contributed by atoms with van der Waals surface area (Å²) in [6, 6.07) is 12.0. The molecule has 2 rings (SSSR count). The van der Waals surface area contributed by atoms with E-state index in [4.69, 9.17) is 19.3 Å². The summed E-state index contributed by atoms with van der Waals surface area (Å²) in [7, 11) is -8.04. The lowest BCUT2D eigenvalue weighted by molar-refractivity contribution is 0.290. The molecule has 0 saturated heterocycles. The first kappa shape index (κ1) is 31.3. The van der Waals surface area contributed by atoms with Crippen LogP contribution in [0.5, 0.6) is 0 Å². The van der Waals surface area contributed by atoms with Crippen LogP contribution >= 0.6 is 0 Å². The van der Waals surface area contributed by atoms with Crippen LogP contribution in [0.4, 0.5) is 0 Å². The maximum absolute atomic E-state index is 10.5. The molecular formula is C24H30O8S2. The van der Waals surface area contributed by atoms with E-state index in [1.165, 1.54) is 24.3 Å². The zero-order valence-electron chi connectivity index (χ0n) is 19.1. The van der Waals surface area contributed by atoms with Gasteiger partial charge in [-0.15, -0.1) is 0 Å². The zero-order chi connectivity index (χ0) is 26.0. The Labute approximate surface area is 202 Å². The SMILES string of the molecule is Cc1ccc(S(=O)(=O)O)cc1.Cc1ccc(S(=O)(=O)O)cc1.OCCCC#CC#CCCCO. The Kier molecular flexibility index (Phi) is 15.5. The van der Waals surface area contributed by atoms with E-state index in [-0.39, 0.29) is 23.0 Å². The minimum Gasteiger partial charge on any atom is -0.396 e. The van der Waals surface area contributed by atoms with Crippen LogP contribution in [-0.2, 0) is 20.2 Å². The van der Waals surface area contributed by atoms with E-state index in [1.54, 1.807) is 24.3 Å². The first-order valence-corrected chi connectivity index (χ1v) is 13.1. The lowest BCUT2D eigenvalue weighted by Gasteiger charge is -1.95. The van der Waals surface area contributed by atoms with Crippen molar-refractivity contribution in [2.45, 2.75) is 49.3 Å². The van der Waals surface area contributed by atoms with Crippen molar-refractivity contribution in [2.24, 2.45) is 0 Å². The smallest absolute Gasteiger partial charge is 0.294 e. The molecule has 186 valence electrons. The third-order valence-electron chi connectivity index (χ3n) is 3.80. The molecular weight excluding hydrogens is 480 g/mol. The number of aliphatic hydroxyl groups excluding tert-OH is 2. The third kappa shape index (κ3) is 16.0. The van der Waals surface area contributed by atoms with Crippen LogP contribution in [0.2, 0.25) is 0 Å². The van der Waals surface area contributed by atoms with Crippen molar-refractivity contribution in [2.75, 3.05) is 13.2 Å². The van der Waals surface area contributed by atoms with E-state index in [0.29, 0.717) is 25.7 Å². The molecule has 0 saturated carbocycles. The van der Waals surface area contributed by atoms with E-state index in [9.17, 15) is 16.8 Å². The van der Waals surface area contributed by atoms with Crippen LogP contribution < -0.4 is 0 Å². The summed E-state index contributed by atoms with van der Waals surface area (Å²) in [5.41, 5.74) is 1.91. The fourth-order valence-corrected chi connectivity index (χ4v) is 2.93. The molecule has 0 fully saturated rings. The van der Waals surface area contributed by atoms with Crippen molar-refractivity contribution in [3.63, 3.8) is 0 Å². The van der Waals surface area contributed by atoms with Gasteiger partial charge in [0.25, 0.3) is 20.2 Å². The minimum atomic E-state index is -4.02. The van der Waals surface area contributed by atoms with Crippen molar-refractivity contribution in [1.29, 1.82) is 0 Å². The average molecular weight is 511 g/mol. The second kappa shape index (κ2) is 16.8. The number of benzene rings is 2. The number of rotatable bonds is 6. The van der Waals surface area contributed by atoms with Gasteiger partial charge in [0.1, 0.15) is 0 Å². The summed E-state index contributed by atoms with van der Waals surface area (Å²) in [5.74, 6) is 11.0. The van der Waals surface area contributed by atoms with E-state index in [2.05, 4.69) is 23.7 Å². The normalized spacial score (nSPS) is 10.2. The largest absolute Gasteiger partial charge is 0.396 e. The quantitative estimate of drug-likeness (QED) is 0.263. The summed E-state index contributed by atoms with van der Waals surface area (Å²) in [4.78, 5) is -0.133. The molecule has 2 aromatic rings. The first-order valence-electron chi connectivity index (χ1n) is 10.2. The Morgan fingerprint density at radius 1 is 0.618 bits per heavy atom. The summed E-state index contributed by atoms with van der Waals surface area (Å²) in [6.07, 6.45) is 2.83. The molecule has 0 bridgehead atoms. The Balaban J connectivity index is 0.000000481. The van der Waals surface area contributed by atoms with E-state index in [0.717, 1.165) is 11.1 Å². The molecule has 0 radical (unpaired) electrons. The Morgan fingerprint density at radius 3 is 1.15 bits per heavy atom. The third-order valence-corrected chi connectivity index (χ3v) is 5.53.